The van der Waals surface area contributed by atoms with Crippen LogP contribution >= 0.6 is 11.3 Å². The molecule has 5 rings (SSSR count). The first-order valence-electron chi connectivity index (χ1n) is 12.5. The van der Waals surface area contributed by atoms with Crippen LogP contribution in [0.4, 0.5) is 5.69 Å². The summed E-state index contributed by atoms with van der Waals surface area (Å²) in [4.78, 5) is 1.18. The third-order valence-corrected chi connectivity index (χ3v) is 7.64. The molecule has 2 aromatic carbocycles. The van der Waals surface area contributed by atoms with E-state index >= 15 is 0 Å². The number of nitrogens with one attached hydrogen (secondary N) is 2. The van der Waals surface area contributed by atoms with Crippen LogP contribution in [0.3, 0.4) is 0 Å². The van der Waals surface area contributed by atoms with Crippen LogP contribution in [0.15, 0.2) is 41.8 Å². The van der Waals surface area contributed by atoms with E-state index in [2.05, 4.69) is 74.1 Å². The Bertz CT molecular complexity index is 1370. The highest BCUT2D eigenvalue weighted by Gasteiger charge is 2.33. The smallest absolute Gasteiger partial charge is 0.172 e. The lowest BCUT2D eigenvalue weighted by Gasteiger charge is -2.35. The number of phenols is 1. The van der Waals surface area contributed by atoms with Crippen LogP contribution in [0.5, 0.6) is 17.2 Å². The fourth-order valence-electron chi connectivity index (χ4n) is 5.21. The molecule has 36 heavy (non-hydrogen) atoms. The first-order chi connectivity index (χ1) is 17.3. The Morgan fingerprint density at radius 2 is 1.97 bits per heavy atom. The highest BCUT2D eigenvalue weighted by molar-refractivity contribution is 7.11. The Kier molecular flexibility index (Phi) is 6.58. The average Bonchev–Trinajstić information content (AvgIpc) is 3.27. The first kappa shape index (κ1) is 24.5. The van der Waals surface area contributed by atoms with Gasteiger partial charge >= 0.3 is 0 Å². The number of fused-ring (bicyclic) bond motifs is 5. The van der Waals surface area contributed by atoms with Gasteiger partial charge in [0, 0.05) is 33.8 Å². The Balaban J connectivity index is 1.69. The molecule has 0 atom stereocenters. The van der Waals surface area contributed by atoms with Gasteiger partial charge in [0.25, 0.3) is 0 Å². The second-order valence-electron chi connectivity index (χ2n) is 10.0. The van der Waals surface area contributed by atoms with Crippen LogP contribution in [0.1, 0.15) is 62.1 Å². The normalized spacial score (nSPS) is 16.4. The maximum Gasteiger partial charge on any atom is 0.172 e. The number of hydrogen-bond donors (Lipinski definition) is 3. The molecule has 1 aromatic heterocycles. The molecule has 0 saturated heterocycles. The largest absolute Gasteiger partial charge is 0.504 e. The summed E-state index contributed by atoms with van der Waals surface area (Å²) in [5.41, 5.74) is 7.27. The monoisotopic (exact) mass is 502 g/mol. The van der Waals surface area contributed by atoms with E-state index in [1.54, 1.807) is 24.5 Å². The van der Waals surface area contributed by atoms with Gasteiger partial charge in [-0.15, -0.1) is 11.3 Å². The third-order valence-electron chi connectivity index (χ3n) is 6.74. The maximum atomic E-state index is 10.6. The summed E-state index contributed by atoms with van der Waals surface area (Å²) in [7, 11) is 1.58. The fraction of sp³-hybridized carbons (Fsp3) is 0.333. The highest BCUT2D eigenvalue weighted by atomic mass is 32.1. The number of allylic oxidation sites excluding steroid dienone is 1. The van der Waals surface area contributed by atoms with E-state index in [1.165, 1.54) is 28.9 Å². The van der Waals surface area contributed by atoms with Gasteiger partial charge in [0.05, 0.1) is 18.2 Å². The fourth-order valence-corrected chi connectivity index (χ4v) is 6.06. The van der Waals surface area contributed by atoms with Gasteiger partial charge in [-0.25, -0.2) is 0 Å². The lowest BCUT2D eigenvalue weighted by Crippen LogP contribution is -2.32. The molecule has 188 valence electrons. The van der Waals surface area contributed by atoms with Crippen LogP contribution in [-0.2, 0) is 6.54 Å². The Morgan fingerprint density at radius 3 is 2.75 bits per heavy atom. The summed E-state index contributed by atoms with van der Waals surface area (Å²) in [6.45, 7) is 10.5. The van der Waals surface area contributed by atoms with Gasteiger partial charge in [0.2, 0.25) is 0 Å². The summed E-state index contributed by atoms with van der Waals surface area (Å²) in [6.07, 6.45) is 6.77. The minimum absolute atomic E-state index is 0.0983. The summed E-state index contributed by atoms with van der Waals surface area (Å²) in [5, 5.41) is 19.9. The molecule has 0 unspecified atom stereocenters. The molecule has 0 saturated carbocycles. The van der Waals surface area contributed by atoms with Crippen LogP contribution in [-0.4, -0.2) is 24.3 Å². The zero-order valence-electron chi connectivity index (χ0n) is 21.6. The quantitative estimate of drug-likeness (QED) is 0.292. The molecule has 2 aliphatic heterocycles. The average molecular weight is 503 g/mol. The van der Waals surface area contributed by atoms with E-state index in [0.717, 1.165) is 46.8 Å². The van der Waals surface area contributed by atoms with Crippen LogP contribution in [0.2, 0.25) is 0 Å². The van der Waals surface area contributed by atoms with Crippen molar-refractivity contribution in [2.75, 3.05) is 19.0 Å². The molecule has 0 fully saturated rings. The SMILES string of the molecule is CCCCNCc1ccsc1/C=C1\Oc2ccc(O)c(OC)c2-c2ccc3c(c21)C(C)=CC(C)(C)N3. The van der Waals surface area contributed by atoms with Crippen molar-refractivity contribution in [1.29, 1.82) is 0 Å². The third kappa shape index (κ3) is 4.40. The molecule has 6 heteroatoms. The lowest BCUT2D eigenvalue weighted by atomic mass is 9.83. The van der Waals surface area contributed by atoms with Crippen molar-refractivity contribution in [3.05, 3.63) is 63.4 Å². The summed E-state index contributed by atoms with van der Waals surface area (Å²) in [5.74, 6) is 2.00. The number of ether oxygens (including phenoxy) is 2. The predicted molar refractivity (Wildman–Crippen MR) is 151 cm³/mol. The molecule has 2 aliphatic rings. The first-order valence-corrected chi connectivity index (χ1v) is 13.4. The number of methoxy groups -OCH3 is 1. The minimum atomic E-state index is -0.149. The van der Waals surface area contributed by atoms with E-state index in [1.807, 2.05) is 6.07 Å². The van der Waals surface area contributed by atoms with E-state index in [0.29, 0.717) is 11.5 Å². The van der Waals surface area contributed by atoms with Crippen molar-refractivity contribution in [2.24, 2.45) is 0 Å². The Hall–Kier alpha value is -3.22. The van der Waals surface area contributed by atoms with Crippen molar-refractivity contribution in [2.45, 2.75) is 52.6 Å². The molecule has 0 radical (unpaired) electrons. The van der Waals surface area contributed by atoms with Gasteiger partial charge in [-0.2, -0.15) is 0 Å². The van der Waals surface area contributed by atoms with Gasteiger partial charge in [0.1, 0.15) is 11.5 Å². The van der Waals surface area contributed by atoms with Crippen molar-refractivity contribution >= 4 is 34.4 Å². The summed E-state index contributed by atoms with van der Waals surface area (Å²) < 4.78 is 12.2. The van der Waals surface area contributed by atoms with Crippen molar-refractivity contribution in [3.63, 3.8) is 0 Å². The number of hydrogen-bond acceptors (Lipinski definition) is 6. The number of aromatic hydroxyl groups is 1. The zero-order valence-corrected chi connectivity index (χ0v) is 22.4. The Labute approximate surface area is 217 Å². The lowest BCUT2D eigenvalue weighted by molar-refractivity contribution is 0.371. The second-order valence-corrected chi connectivity index (χ2v) is 11.0. The van der Waals surface area contributed by atoms with E-state index in [4.69, 9.17) is 9.47 Å². The maximum absolute atomic E-state index is 10.6. The highest BCUT2D eigenvalue weighted by Crippen LogP contribution is 2.54. The van der Waals surface area contributed by atoms with Crippen LogP contribution in [0.25, 0.3) is 28.5 Å². The molecular formula is C30H34N2O3S. The van der Waals surface area contributed by atoms with Crippen molar-refractivity contribution in [3.8, 4) is 28.4 Å². The van der Waals surface area contributed by atoms with E-state index in [-0.39, 0.29) is 11.3 Å². The second kappa shape index (κ2) is 9.68. The van der Waals surface area contributed by atoms with Gasteiger partial charge in [-0.05, 0) is 80.6 Å². The van der Waals surface area contributed by atoms with E-state index < -0.39 is 0 Å². The van der Waals surface area contributed by atoms with Crippen LogP contribution < -0.4 is 20.1 Å². The number of unbranched alkanes of at least 4 members (excludes halogenated alkanes) is 1. The number of anilines is 1. The van der Waals surface area contributed by atoms with Crippen LogP contribution in [0, 0.1) is 0 Å². The minimum Gasteiger partial charge on any atom is -0.504 e. The number of phenolic OH excluding ortho intramolecular Hbond substituents is 1. The van der Waals surface area contributed by atoms with Crippen molar-refractivity contribution in [1.82, 2.24) is 5.32 Å². The van der Waals surface area contributed by atoms with Gasteiger partial charge in [-0.3, -0.25) is 0 Å². The number of benzene rings is 2. The molecule has 3 N–H and O–H groups in total. The predicted octanol–water partition coefficient (Wildman–Crippen LogP) is 7.52. The molecule has 0 spiro atoms. The zero-order chi connectivity index (χ0) is 25.4. The van der Waals surface area contributed by atoms with Gasteiger partial charge < -0.3 is 25.2 Å². The molecule has 0 bridgehead atoms. The Morgan fingerprint density at radius 1 is 1.14 bits per heavy atom. The summed E-state index contributed by atoms with van der Waals surface area (Å²) >= 11 is 1.72. The molecule has 0 aliphatic carbocycles. The van der Waals surface area contributed by atoms with Gasteiger partial charge in [0.15, 0.2) is 11.5 Å². The summed E-state index contributed by atoms with van der Waals surface area (Å²) in [6, 6.07) is 9.85. The molecule has 3 heterocycles. The van der Waals surface area contributed by atoms with Gasteiger partial charge in [-0.1, -0.05) is 25.5 Å². The number of rotatable bonds is 7. The van der Waals surface area contributed by atoms with Crippen molar-refractivity contribution < 1.29 is 14.6 Å². The van der Waals surface area contributed by atoms with E-state index in [9.17, 15) is 5.11 Å². The molecular weight excluding hydrogens is 468 g/mol. The molecule has 5 nitrogen and oxygen atoms in total. The standard InChI is InChI=1S/C30H34N2O3S/c1-6-7-13-31-17-19-12-14-36-25(19)15-24-27-20(28-23(35-24)11-10-22(33)29(28)34-5)8-9-21-26(27)18(2)16-30(3,4)32-21/h8-12,14-16,31-33H,6-7,13,17H2,1-5H3/b24-15-. The number of thiophene rings is 1. The topological polar surface area (TPSA) is 62.8 Å². The molecule has 0 amide bonds. The molecule has 3 aromatic rings.